The molecule has 0 radical (unpaired) electrons. The van der Waals surface area contributed by atoms with E-state index in [0.717, 1.165) is 22.3 Å². The smallest absolute Gasteiger partial charge is 0.315 e. The van der Waals surface area contributed by atoms with Gasteiger partial charge in [0.1, 0.15) is 0 Å². The van der Waals surface area contributed by atoms with E-state index in [2.05, 4.69) is 6.07 Å². The predicted octanol–water partition coefficient (Wildman–Crippen LogP) is 5.43. The standard InChI is InChI=1S/C26H21NO2/c1-18-10-8-9-15-21(18)24-22(16-19-11-4-2-5-12-19)26(28)29-25(23(24)17-27)20-13-6-3-7-14-20/h2-15,22,24H,16H2,1H3/t22-,24+/m0/s1. The molecule has 0 saturated heterocycles. The van der Waals surface area contributed by atoms with E-state index in [0.29, 0.717) is 17.8 Å². The van der Waals surface area contributed by atoms with Crippen LogP contribution in [0.25, 0.3) is 5.76 Å². The molecule has 4 rings (SSSR count). The van der Waals surface area contributed by atoms with Crippen molar-refractivity contribution >= 4 is 11.7 Å². The molecule has 0 saturated carbocycles. The highest BCUT2D eigenvalue weighted by Crippen LogP contribution is 2.44. The van der Waals surface area contributed by atoms with Crippen LogP contribution >= 0.6 is 0 Å². The van der Waals surface area contributed by atoms with Crippen molar-refractivity contribution in [3.05, 3.63) is 113 Å². The minimum Gasteiger partial charge on any atom is -0.425 e. The Balaban J connectivity index is 1.89. The van der Waals surface area contributed by atoms with E-state index < -0.39 is 5.92 Å². The summed E-state index contributed by atoms with van der Waals surface area (Å²) in [5.74, 6) is -0.728. The number of esters is 1. The van der Waals surface area contributed by atoms with Gasteiger partial charge in [-0.2, -0.15) is 5.26 Å². The monoisotopic (exact) mass is 379 g/mol. The van der Waals surface area contributed by atoms with Gasteiger partial charge in [-0.05, 0) is 30.0 Å². The van der Waals surface area contributed by atoms with Crippen molar-refractivity contribution in [2.45, 2.75) is 19.3 Å². The second-order valence-corrected chi connectivity index (χ2v) is 7.27. The molecule has 0 aliphatic carbocycles. The number of carbonyl (C=O) groups excluding carboxylic acids is 1. The molecule has 3 aromatic carbocycles. The number of carbonyl (C=O) groups is 1. The van der Waals surface area contributed by atoms with E-state index in [-0.39, 0.29) is 11.9 Å². The van der Waals surface area contributed by atoms with Crippen LogP contribution in [0.15, 0.2) is 90.5 Å². The largest absolute Gasteiger partial charge is 0.425 e. The molecule has 0 bridgehead atoms. The summed E-state index contributed by atoms with van der Waals surface area (Å²) < 4.78 is 5.77. The van der Waals surface area contributed by atoms with Crippen LogP contribution in [0.3, 0.4) is 0 Å². The third kappa shape index (κ3) is 3.70. The second-order valence-electron chi connectivity index (χ2n) is 7.27. The van der Waals surface area contributed by atoms with Crippen LogP contribution in [0.5, 0.6) is 0 Å². The van der Waals surface area contributed by atoms with Gasteiger partial charge < -0.3 is 4.74 Å². The maximum atomic E-state index is 13.2. The predicted molar refractivity (Wildman–Crippen MR) is 113 cm³/mol. The van der Waals surface area contributed by atoms with Crippen LogP contribution in [-0.2, 0) is 16.0 Å². The van der Waals surface area contributed by atoms with Gasteiger partial charge in [-0.3, -0.25) is 4.79 Å². The Morgan fingerprint density at radius 1 is 0.897 bits per heavy atom. The molecule has 0 spiro atoms. The minimum absolute atomic E-state index is 0.292. The van der Waals surface area contributed by atoms with Crippen LogP contribution < -0.4 is 0 Å². The molecule has 1 heterocycles. The lowest BCUT2D eigenvalue weighted by atomic mass is 9.74. The van der Waals surface area contributed by atoms with Crippen LogP contribution in [0.2, 0.25) is 0 Å². The van der Waals surface area contributed by atoms with Crippen LogP contribution in [0.1, 0.15) is 28.2 Å². The van der Waals surface area contributed by atoms with Gasteiger partial charge in [0.2, 0.25) is 0 Å². The summed E-state index contributed by atoms with van der Waals surface area (Å²) in [7, 11) is 0. The van der Waals surface area contributed by atoms with Gasteiger partial charge in [0, 0.05) is 11.5 Å². The molecular weight excluding hydrogens is 358 g/mol. The third-order valence-electron chi connectivity index (χ3n) is 5.44. The number of rotatable bonds is 4. The number of allylic oxidation sites excluding steroid dienone is 1. The SMILES string of the molecule is Cc1ccccc1[C@H]1C(C#N)=C(c2ccccc2)OC(=O)[C@H]1Cc1ccccc1. The van der Waals surface area contributed by atoms with Gasteiger partial charge >= 0.3 is 5.97 Å². The first-order chi connectivity index (χ1) is 14.2. The molecule has 0 aromatic heterocycles. The molecule has 3 aromatic rings. The Bertz CT molecular complexity index is 1090. The van der Waals surface area contributed by atoms with Crippen molar-refractivity contribution in [2.24, 2.45) is 5.92 Å². The average Bonchev–Trinajstić information content (AvgIpc) is 2.76. The molecular formula is C26H21NO2. The van der Waals surface area contributed by atoms with E-state index in [4.69, 9.17) is 4.74 Å². The number of ether oxygens (including phenoxy) is 1. The highest BCUT2D eigenvalue weighted by atomic mass is 16.5. The summed E-state index contributed by atoms with van der Waals surface area (Å²) in [5, 5.41) is 10.1. The number of cyclic esters (lactones) is 1. The molecule has 2 atom stereocenters. The number of benzene rings is 3. The summed E-state index contributed by atoms with van der Waals surface area (Å²) >= 11 is 0. The number of nitriles is 1. The van der Waals surface area contributed by atoms with Crippen molar-refractivity contribution in [2.75, 3.05) is 0 Å². The van der Waals surface area contributed by atoms with E-state index in [1.807, 2.05) is 91.9 Å². The summed E-state index contributed by atoms with van der Waals surface area (Å²) in [6.45, 7) is 2.02. The Morgan fingerprint density at radius 3 is 2.17 bits per heavy atom. The van der Waals surface area contributed by atoms with Gasteiger partial charge in [0.25, 0.3) is 0 Å². The minimum atomic E-state index is -0.458. The zero-order valence-electron chi connectivity index (χ0n) is 16.2. The normalized spacial score (nSPS) is 18.8. The van der Waals surface area contributed by atoms with Gasteiger partial charge in [-0.25, -0.2) is 0 Å². The molecule has 142 valence electrons. The van der Waals surface area contributed by atoms with Gasteiger partial charge in [-0.15, -0.1) is 0 Å². The molecule has 0 amide bonds. The van der Waals surface area contributed by atoms with Crippen molar-refractivity contribution in [3.63, 3.8) is 0 Å². The number of nitrogens with zero attached hydrogens (tertiary/aromatic N) is 1. The van der Waals surface area contributed by atoms with E-state index in [9.17, 15) is 10.1 Å². The van der Waals surface area contributed by atoms with Crippen molar-refractivity contribution in [3.8, 4) is 6.07 Å². The number of hydrogen-bond donors (Lipinski definition) is 0. The lowest BCUT2D eigenvalue weighted by Crippen LogP contribution is -2.32. The summed E-state index contributed by atoms with van der Waals surface area (Å²) in [6, 6.07) is 29.6. The quantitative estimate of drug-likeness (QED) is 0.568. The highest BCUT2D eigenvalue weighted by Gasteiger charge is 2.41. The second kappa shape index (κ2) is 8.16. The molecule has 3 heteroatoms. The zero-order chi connectivity index (χ0) is 20.2. The lowest BCUT2D eigenvalue weighted by molar-refractivity contribution is -0.143. The fourth-order valence-corrected chi connectivity index (χ4v) is 4.01. The van der Waals surface area contributed by atoms with E-state index in [1.165, 1.54) is 0 Å². The Labute approximate surface area is 170 Å². The maximum Gasteiger partial charge on any atom is 0.315 e. The van der Waals surface area contributed by atoms with Crippen LogP contribution in [0, 0.1) is 24.2 Å². The summed E-state index contributed by atoms with van der Waals surface area (Å²) in [6.07, 6.45) is 0.520. The van der Waals surface area contributed by atoms with Crippen molar-refractivity contribution in [1.29, 1.82) is 5.26 Å². The first-order valence-corrected chi connectivity index (χ1v) is 9.70. The summed E-state index contributed by atoms with van der Waals surface area (Å²) in [4.78, 5) is 13.2. The van der Waals surface area contributed by atoms with Crippen LogP contribution in [0.4, 0.5) is 0 Å². The molecule has 29 heavy (non-hydrogen) atoms. The number of aryl methyl sites for hydroxylation is 1. The van der Waals surface area contributed by atoms with Crippen LogP contribution in [-0.4, -0.2) is 5.97 Å². The van der Waals surface area contributed by atoms with Gasteiger partial charge in [0.15, 0.2) is 5.76 Å². The first kappa shape index (κ1) is 18.7. The fourth-order valence-electron chi connectivity index (χ4n) is 4.01. The zero-order valence-corrected chi connectivity index (χ0v) is 16.2. The van der Waals surface area contributed by atoms with Gasteiger partial charge in [0.05, 0.1) is 17.6 Å². The molecule has 0 N–H and O–H groups in total. The average molecular weight is 379 g/mol. The molecule has 0 unspecified atom stereocenters. The Kier molecular flexibility index (Phi) is 5.27. The Morgan fingerprint density at radius 2 is 1.52 bits per heavy atom. The van der Waals surface area contributed by atoms with E-state index >= 15 is 0 Å². The number of hydrogen-bond acceptors (Lipinski definition) is 3. The molecule has 1 aliphatic heterocycles. The molecule has 3 nitrogen and oxygen atoms in total. The summed E-state index contributed by atoms with van der Waals surface area (Å²) in [5.41, 5.74) is 4.36. The Hall–Kier alpha value is -3.64. The maximum absolute atomic E-state index is 13.2. The topological polar surface area (TPSA) is 50.1 Å². The molecule has 0 fully saturated rings. The van der Waals surface area contributed by atoms with Crippen molar-refractivity contribution in [1.82, 2.24) is 0 Å². The first-order valence-electron chi connectivity index (χ1n) is 9.70. The lowest BCUT2D eigenvalue weighted by Gasteiger charge is -2.32. The third-order valence-corrected chi connectivity index (χ3v) is 5.44. The van der Waals surface area contributed by atoms with Crippen molar-refractivity contribution < 1.29 is 9.53 Å². The van der Waals surface area contributed by atoms with Gasteiger partial charge in [-0.1, -0.05) is 84.9 Å². The highest BCUT2D eigenvalue weighted by molar-refractivity contribution is 5.88. The van der Waals surface area contributed by atoms with E-state index in [1.54, 1.807) is 0 Å². The fraction of sp³-hybridized carbons (Fsp3) is 0.154. The molecule has 1 aliphatic rings.